The Hall–Kier alpha value is -1.22. The van der Waals surface area contributed by atoms with Crippen molar-refractivity contribution in [3.8, 4) is 11.5 Å². The van der Waals surface area contributed by atoms with Crippen LogP contribution in [0.4, 0.5) is 0 Å². The monoisotopic (exact) mass is 210 g/mol. The standard InChI is InChI=1S/C12H18O3/c1-8-6-11(15-5)9(12(2,3)13)7-10(8)14-4/h6-7,13H,1-5H3. The lowest BCUT2D eigenvalue weighted by Crippen LogP contribution is -2.17. The lowest BCUT2D eigenvalue weighted by atomic mass is 9.95. The van der Waals surface area contributed by atoms with E-state index in [0.717, 1.165) is 16.9 Å². The Kier molecular flexibility index (Phi) is 3.25. The average Bonchev–Trinajstić information content (AvgIpc) is 2.15. The minimum absolute atomic E-state index is 0.681. The first-order chi connectivity index (χ1) is 6.90. The van der Waals surface area contributed by atoms with E-state index < -0.39 is 5.60 Å². The van der Waals surface area contributed by atoms with Gasteiger partial charge in [0.05, 0.1) is 19.8 Å². The molecule has 0 saturated heterocycles. The summed E-state index contributed by atoms with van der Waals surface area (Å²) in [5, 5.41) is 9.98. The molecule has 0 heterocycles. The van der Waals surface area contributed by atoms with E-state index in [1.165, 1.54) is 0 Å². The van der Waals surface area contributed by atoms with E-state index in [-0.39, 0.29) is 0 Å². The Morgan fingerprint density at radius 2 is 1.60 bits per heavy atom. The van der Waals surface area contributed by atoms with Crippen LogP contribution in [0.1, 0.15) is 25.0 Å². The summed E-state index contributed by atoms with van der Waals surface area (Å²) in [5.74, 6) is 1.44. The third-order valence-electron chi connectivity index (χ3n) is 2.38. The number of rotatable bonds is 3. The van der Waals surface area contributed by atoms with Crippen LogP contribution in [0.5, 0.6) is 11.5 Å². The molecule has 15 heavy (non-hydrogen) atoms. The summed E-state index contributed by atoms with van der Waals surface area (Å²) in [6, 6.07) is 3.68. The maximum Gasteiger partial charge on any atom is 0.125 e. The van der Waals surface area contributed by atoms with Crippen LogP contribution in [-0.2, 0) is 5.60 Å². The molecule has 1 rings (SSSR count). The molecule has 0 amide bonds. The molecule has 0 aliphatic heterocycles. The van der Waals surface area contributed by atoms with E-state index in [9.17, 15) is 5.11 Å². The number of hydrogen-bond acceptors (Lipinski definition) is 3. The fraction of sp³-hybridized carbons (Fsp3) is 0.500. The molecule has 3 nitrogen and oxygen atoms in total. The van der Waals surface area contributed by atoms with E-state index in [2.05, 4.69) is 0 Å². The molecule has 0 radical (unpaired) electrons. The van der Waals surface area contributed by atoms with E-state index in [1.807, 2.05) is 19.1 Å². The number of hydrogen-bond donors (Lipinski definition) is 1. The molecule has 1 aromatic rings. The number of aryl methyl sites for hydroxylation is 1. The fourth-order valence-corrected chi connectivity index (χ4v) is 1.53. The SMILES string of the molecule is COc1cc(C(C)(C)O)c(OC)cc1C. The van der Waals surface area contributed by atoms with Crippen LogP contribution in [0.25, 0.3) is 0 Å². The van der Waals surface area contributed by atoms with Gasteiger partial charge in [-0.05, 0) is 38.5 Å². The van der Waals surface area contributed by atoms with Crippen LogP contribution >= 0.6 is 0 Å². The van der Waals surface area contributed by atoms with Gasteiger partial charge in [-0.1, -0.05) is 0 Å². The maximum absolute atomic E-state index is 9.98. The molecule has 1 N–H and O–H groups in total. The average molecular weight is 210 g/mol. The summed E-state index contributed by atoms with van der Waals surface area (Å²) < 4.78 is 10.5. The molecule has 0 aliphatic rings. The van der Waals surface area contributed by atoms with Crippen LogP contribution in [0.3, 0.4) is 0 Å². The van der Waals surface area contributed by atoms with E-state index in [0.29, 0.717) is 5.75 Å². The summed E-state index contributed by atoms with van der Waals surface area (Å²) in [4.78, 5) is 0. The topological polar surface area (TPSA) is 38.7 Å². The quantitative estimate of drug-likeness (QED) is 0.831. The number of benzene rings is 1. The zero-order valence-electron chi connectivity index (χ0n) is 9.92. The van der Waals surface area contributed by atoms with Crippen molar-refractivity contribution in [2.45, 2.75) is 26.4 Å². The predicted octanol–water partition coefficient (Wildman–Crippen LogP) is 2.24. The van der Waals surface area contributed by atoms with Gasteiger partial charge in [0.25, 0.3) is 0 Å². The highest BCUT2D eigenvalue weighted by Crippen LogP contribution is 2.34. The molecule has 0 aromatic heterocycles. The first-order valence-electron chi connectivity index (χ1n) is 4.85. The van der Waals surface area contributed by atoms with Gasteiger partial charge < -0.3 is 14.6 Å². The number of ether oxygens (including phenoxy) is 2. The molecular weight excluding hydrogens is 192 g/mol. The van der Waals surface area contributed by atoms with Gasteiger partial charge in [-0.2, -0.15) is 0 Å². The zero-order chi connectivity index (χ0) is 11.6. The molecule has 1 aromatic carbocycles. The van der Waals surface area contributed by atoms with Crippen molar-refractivity contribution < 1.29 is 14.6 Å². The molecule has 0 bridgehead atoms. The molecule has 0 unspecified atom stereocenters. The van der Waals surface area contributed by atoms with Gasteiger partial charge in [-0.15, -0.1) is 0 Å². The summed E-state index contributed by atoms with van der Waals surface area (Å²) in [5.41, 5.74) is 0.779. The van der Waals surface area contributed by atoms with Crippen molar-refractivity contribution in [1.29, 1.82) is 0 Å². The highest BCUT2D eigenvalue weighted by atomic mass is 16.5. The summed E-state index contributed by atoms with van der Waals surface area (Å²) in [6.07, 6.45) is 0. The maximum atomic E-state index is 9.98. The largest absolute Gasteiger partial charge is 0.496 e. The molecule has 0 fully saturated rings. The lowest BCUT2D eigenvalue weighted by molar-refractivity contribution is 0.0753. The third-order valence-corrected chi connectivity index (χ3v) is 2.38. The molecule has 0 atom stereocenters. The van der Waals surface area contributed by atoms with Crippen molar-refractivity contribution in [3.05, 3.63) is 23.3 Å². The Morgan fingerprint density at radius 3 is 2.00 bits per heavy atom. The zero-order valence-corrected chi connectivity index (χ0v) is 9.92. The second kappa shape index (κ2) is 4.11. The van der Waals surface area contributed by atoms with Crippen molar-refractivity contribution >= 4 is 0 Å². The van der Waals surface area contributed by atoms with Crippen molar-refractivity contribution in [3.63, 3.8) is 0 Å². The summed E-state index contributed by atoms with van der Waals surface area (Å²) >= 11 is 0. The van der Waals surface area contributed by atoms with Gasteiger partial charge in [0.1, 0.15) is 11.5 Å². The summed E-state index contributed by atoms with van der Waals surface area (Å²) in [7, 11) is 3.21. The number of methoxy groups -OCH3 is 2. The van der Waals surface area contributed by atoms with Crippen LogP contribution in [0.2, 0.25) is 0 Å². The Balaban J connectivity index is 3.36. The Bertz CT molecular complexity index is 351. The van der Waals surface area contributed by atoms with E-state index in [1.54, 1.807) is 28.1 Å². The Labute approximate surface area is 90.6 Å². The number of aliphatic hydroxyl groups is 1. The Morgan fingerprint density at radius 1 is 1.07 bits per heavy atom. The highest BCUT2D eigenvalue weighted by Gasteiger charge is 2.22. The van der Waals surface area contributed by atoms with Crippen LogP contribution in [0, 0.1) is 6.92 Å². The predicted molar refractivity (Wildman–Crippen MR) is 59.5 cm³/mol. The van der Waals surface area contributed by atoms with Gasteiger partial charge in [0.2, 0.25) is 0 Å². The molecule has 0 saturated carbocycles. The van der Waals surface area contributed by atoms with E-state index >= 15 is 0 Å². The first kappa shape index (κ1) is 11.9. The van der Waals surface area contributed by atoms with Gasteiger partial charge in [0, 0.05) is 5.56 Å². The van der Waals surface area contributed by atoms with Crippen LogP contribution in [-0.4, -0.2) is 19.3 Å². The van der Waals surface area contributed by atoms with Crippen molar-refractivity contribution in [2.24, 2.45) is 0 Å². The third kappa shape index (κ3) is 2.42. The van der Waals surface area contributed by atoms with Gasteiger partial charge in [-0.3, -0.25) is 0 Å². The van der Waals surface area contributed by atoms with Gasteiger partial charge >= 0.3 is 0 Å². The second-order valence-corrected chi connectivity index (χ2v) is 4.08. The van der Waals surface area contributed by atoms with E-state index in [4.69, 9.17) is 9.47 Å². The molecule has 84 valence electrons. The molecular formula is C12H18O3. The van der Waals surface area contributed by atoms with Gasteiger partial charge in [-0.25, -0.2) is 0 Å². The normalized spacial score (nSPS) is 11.3. The highest BCUT2D eigenvalue weighted by molar-refractivity contribution is 5.48. The molecule has 0 spiro atoms. The lowest BCUT2D eigenvalue weighted by Gasteiger charge is -2.22. The van der Waals surface area contributed by atoms with Gasteiger partial charge in [0.15, 0.2) is 0 Å². The molecule has 3 heteroatoms. The molecule has 0 aliphatic carbocycles. The van der Waals surface area contributed by atoms with Crippen LogP contribution < -0.4 is 9.47 Å². The second-order valence-electron chi connectivity index (χ2n) is 4.08. The summed E-state index contributed by atoms with van der Waals surface area (Å²) in [6.45, 7) is 5.38. The van der Waals surface area contributed by atoms with Crippen molar-refractivity contribution in [2.75, 3.05) is 14.2 Å². The first-order valence-corrected chi connectivity index (χ1v) is 4.85. The van der Waals surface area contributed by atoms with Crippen LogP contribution in [0.15, 0.2) is 12.1 Å². The van der Waals surface area contributed by atoms with Crippen molar-refractivity contribution in [1.82, 2.24) is 0 Å². The smallest absolute Gasteiger partial charge is 0.125 e. The fourth-order valence-electron chi connectivity index (χ4n) is 1.53. The minimum Gasteiger partial charge on any atom is -0.496 e. The minimum atomic E-state index is -0.938.